The van der Waals surface area contributed by atoms with Crippen molar-refractivity contribution in [3.05, 3.63) is 35.4 Å². The van der Waals surface area contributed by atoms with Crippen LogP contribution in [0.1, 0.15) is 30.4 Å². The smallest absolute Gasteiger partial charge is 0.217 e. The van der Waals surface area contributed by atoms with E-state index in [2.05, 4.69) is 28.9 Å². The second kappa shape index (κ2) is 7.82. The minimum absolute atomic E-state index is 0.109. The van der Waals surface area contributed by atoms with Crippen LogP contribution in [0.3, 0.4) is 0 Å². The van der Waals surface area contributed by atoms with Crippen molar-refractivity contribution >= 4 is 5.91 Å². The predicted octanol–water partition coefficient (Wildman–Crippen LogP) is 1.12. The summed E-state index contributed by atoms with van der Waals surface area (Å²) in [5.41, 5.74) is 7.44. The maximum Gasteiger partial charge on any atom is 0.217 e. The maximum absolute atomic E-state index is 10.9. The van der Waals surface area contributed by atoms with Gasteiger partial charge in [0.25, 0.3) is 0 Å². The van der Waals surface area contributed by atoms with Gasteiger partial charge in [-0.3, -0.25) is 9.69 Å². The quantitative estimate of drug-likeness (QED) is 0.815. The van der Waals surface area contributed by atoms with Gasteiger partial charge in [0.05, 0.1) is 0 Å². The fourth-order valence-corrected chi connectivity index (χ4v) is 2.73. The number of hydrogen-bond acceptors (Lipinski definition) is 3. The summed E-state index contributed by atoms with van der Waals surface area (Å²) in [5, 5.41) is 8.67. The molecule has 0 spiro atoms. The summed E-state index contributed by atoms with van der Waals surface area (Å²) in [6, 6.07) is 8.13. The molecular formula is C17H22N2O2. The third kappa shape index (κ3) is 5.22. The number of nitrogens with zero attached hydrogens (tertiary/aromatic N) is 1. The van der Waals surface area contributed by atoms with E-state index in [0.29, 0.717) is 12.3 Å². The van der Waals surface area contributed by atoms with Crippen molar-refractivity contribution in [2.24, 2.45) is 11.7 Å². The van der Waals surface area contributed by atoms with Gasteiger partial charge in [-0.1, -0.05) is 24.0 Å². The van der Waals surface area contributed by atoms with E-state index in [4.69, 9.17) is 10.8 Å². The van der Waals surface area contributed by atoms with Gasteiger partial charge < -0.3 is 10.8 Å². The highest BCUT2D eigenvalue weighted by atomic mass is 16.2. The molecule has 0 atom stereocenters. The predicted molar refractivity (Wildman–Crippen MR) is 82.2 cm³/mol. The molecule has 1 aromatic carbocycles. The van der Waals surface area contributed by atoms with E-state index in [-0.39, 0.29) is 12.5 Å². The van der Waals surface area contributed by atoms with E-state index in [1.54, 1.807) is 0 Å². The van der Waals surface area contributed by atoms with Crippen LogP contribution in [-0.4, -0.2) is 35.6 Å². The average molecular weight is 286 g/mol. The molecule has 3 N–H and O–H groups in total. The monoisotopic (exact) mass is 286 g/mol. The van der Waals surface area contributed by atoms with Gasteiger partial charge in [-0.05, 0) is 49.5 Å². The molecule has 4 nitrogen and oxygen atoms in total. The number of hydrogen-bond donors (Lipinski definition) is 2. The molecule has 0 radical (unpaired) electrons. The van der Waals surface area contributed by atoms with Crippen LogP contribution in [-0.2, 0) is 11.3 Å². The molecule has 0 aliphatic carbocycles. The van der Waals surface area contributed by atoms with Crippen molar-refractivity contribution < 1.29 is 9.90 Å². The third-order valence-electron chi connectivity index (χ3n) is 3.87. The summed E-state index contributed by atoms with van der Waals surface area (Å²) in [4.78, 5) is 13.3. The van der Waals surface area contributed by atoms with Gasteiger partial charge >= 0.3 is 0 Å². The Kier molecular flexibility index (Phi) is 5.79. The largest absolute Gasteiger partial charge is 0.384 e. The Morgan fingerprint density at radius 3 is 2.52 bits per heavy atom. The highest BCUT2D eigenvalue weighted by Crippen LogP contribution is 2.21. The Balaban J connectivity index is 1.82. The molecule has 1 aliphatic heterocycles. The molecule has 1 heterocycles. The van der Waals surface area contributed by atoms with Gasteiger partial charge in [-0.2, -0.15) is 0 Å². The topological polar surface area (TPSA) is 66.6 Å². The Hall–Kier alpha value is -1.83. The molecule has 1 saturated heterocycles. The molecule has 2 rings (SSSR count). The fourth-order valence-electron chi connectivity index (χ4n) is 2.73. The third-order valence-corrected chi connectivity index (χ3v) is 3.87. The number of aliphatic hydroxyl groups is 1. The van der Waals surface area contributed by atoms with E-state index in [9.17, 15) is 4.79 Å². The molecule has 0 saturated carbocycles. The molecule has 0 bridgehead atoms. The van der Waals surface area contributed by atoms with Crippen LogP contribution in [0.4, 0.5) is 0 Å². The summed E-state index contributed by atoms with van der Waals surface area (Å²) in [5.74, 6) is 5.80. The SMILES string of the molecule is NC(=O)CC1CCN(Cc2ccc(C#CCO)cc2)CC1. The average Bonchev–Trinajstić information content (AvgIpc) is 2.48. The van der Waals surface area contributed by atoms with Crippen molar-refractivity contribution in [2.75, 3.05) is 19.7 Å². The van der Waals surface area contributed by atoms with Gasteiger partial charge in [0.15, 0.2) is 0 Å². The van der Waals surface area contributed by atoms with Crippen LogP contribution >= 0.6 is 0 Å². The first-order valence-corrected chi connectivity index (χ1v) is 7.36. The van der Waals surface area contributed by atoms with Crippen LogP contribution in [0, 0.1) is 17.8 Å². The van der Waals surface area contributed by atoms with Gasteiger partial charge in [0.2, 0.25) is 5.91 Å². The van der Waals surface area contributed by atoms with Gasteiger partial charge in [-0.15, -0.1) is 0 Å². The second-order valence-electron chi connectivity index (χ2n) is 5.55. The zero-order valence-corrected chi connectivity index (χ0v) is 12.2. The lowest BCUT2D eigenvalue weighted by Crippen LogP contribution is -2.34. The fraction of sp³-hybridized carbons (Fsp3) is 0.471. The van der Waals surface area contributed by atoms with E-state index < -0.39 is 0 Å². The normalized spacial score (nSPS) is 16.2. The van der Waals surface area contributed by atoms with Crippen LogP contribution in [0.2, 0.25) is 0 Å². The number of rotatable bonds is 4. The number of carbonyl (C=O) groups is 1. The number of likely N-dealkylation sites (tertiary alicyclic amines) is 1. The number of primary amides is 1. The number of amides is 1. The highest BCUT2D eigenvalue weighted by Gasteiger charge is 2.20. The summed E-state index contributed by atoms with van der Waals surface area (Å²) in [6.07, 6.45) is 2.61. The Bertz CT molecular complexity index is 520. The molecule has 21 heavy (non-hydrogen) atoms. The number of benzene rings is 1. The van der Waals surface area contributed by atoms with Gasteiger partial charge in [-0.25, -0.2) is 0 Å². The number of aliphatic hydroxyl groups excluding tert-OH is 1. The van der Waals surface area contributed by atoms with E-state index in [1.165, 1.54) is 5.56 Å². The minimum Gasteiger partial charge on any atom is -0.384 e. The van der Waals surface area contributed by atoms with E-state index in [0.717, 1.165) is 38.0 Å². The lowest BCUT2D eigenvalue weighted by molar-refractivity contribution is -0.119. The molecule has 1 fully saturated rings. The lowest BCUT2D eigenvalue weighted by atomic mass is 9.93. The van der Waals surface area contributed by atoms with Crippen molar-refractivity contribution in [3.8, 4) is 11.8 Å². The van der Waals surface area contributed by atoms with Crippen molar-refractivity contribution in [3.63, 3.8) is 0 Å². The van der Waals surface area contributed by atoms with Crippen LogP contribution in [0.15, 0.2) is 24.3 Å². The molecule has 1 aromatic rings. The molecule has 0 unspecified atom stereocenters. The molecule has 0 aromatic heterocycles. The maximum atomic E-state index is 10.9. The summed E-state index contributed by atoms with van der Waals surface area (Å²) in [7, 11) is 0. The Labute approximate surface area is 125 Å². The Morgan fingerprint density at radius 1 is 1.29 bits per heavy atom. The first kappa shape index (κ1) is 15.6. The van der Waals surface area contributed by atoms with Gasteiger partial charge in [0, 0.05) is 18.5 Å². The first-order valence-electron chi connectivity index (χ1n) is 7.36. The standard InChI is InChI=1S/C17H22N2O2/c18-17(21)12-15-7-9-19(10-8-15)13-16-5-3-14(4-6-16)2-1-11-20/h3-6,15,20H,7-13H2,(H2,18,21). The molecule has 1 amide bonds. The Morgan fingerprint density at radius 2 is 1.95 bits per heavy atom. The minimum atomic E-state index is -0.187. The number of nitrogens with two attached hydrogens (primary N) is 1. The summed E-state index contributed by atoms with van der Waals surface area (Å²) < 4.78 is 0. The highest BCUT2D eigenvalue weighted by molar-refractivity contribution is 5.73. The van der Waals surface area contributed by atoms with E-state index in [1.807, 2.05) is 12.1 Å². The molecule has 112 valence electrons. The number of piperidine rings is 1. The molecular weight excluding hydrogens is 264 g/mol. The van der Waals surface area contributed by atoms with Crippen molar-refractivity contribution in [1.82, 2.24) is 4.90 Å². The zero-order chi connectivity index (χ0) is 15.1. The first-order chi connectivity index (χ1) is 10.2. The molecule has 4 heteroatoms. The van der Waals surface area contributed by atoms with Crippen LogP contribution < -0.4 is 5.73 Å². The summed E-state index contributed by atoms with van der Waals surface area (Å²) >= 11 is 0. The zero-order valence-electron chi connectivity index (χ0n) is 12.2. The number of carbonyl (C=O) groups excluding carboxylic acids is 1. The van der Waals surface area contributed by atoms with Gasteiger partial charge in [0.1, 0.15) is 6.61 Å². The summed E-state index contributed by atoms with van der Waals surface area (Å²) in [6.45, 7) is 2.85. The van der Waals surface area contributed by atoms with Crippen LogP contribution in [0.25, 0.3) is 0 Å². The van der Waals surface area contributed by atoms with Crippen LogP contribution in [0.5, 0.6) is 0 Å². The van der Waals surface area contributed by atoms with Crippen molar-refractivity contribution in [1.29, 1.82) is 0 Å². The lowest BCUT2D eigenvalue weighted by Gasteiger charge is -2.31. The second-order valence-corrected chi connectivity index (χ2v) is 5.55. The molecule has 1 aliphatic rings. The van der Waals surface area contributed by atoms with E-state index >= 15 is 0 Å². The van der Waals surface area contributed by atoms with Crippen molar-refractivity contribution in [2.45, 2.75) is 25.8 Å².